The summed E-state index contributed by atoms with van der Waals surface area (Å²) in [5, 5.41) is 0. The van der Waals surface area contributed by atoms with Crippen molar-refractivity contribution in [1.29, 1.82) is 0 Å². The van der Waals surface area contributed by atoms with Crippen molar-refractivity contribution in [2.24, 2.45) is 5.41 Å². The molecule has 0 spiro atoms. The topological polar surface area (TPSA) is 69.7 Å². The van der Waals surface area contributed by atoms with Gasteiger partial charge in [-0.15, -0.1) is 0 Å². The molecule has 0 aliphatic carbocycles. The number of ketones is 1. The molecule has 5 heteroatoms. The Kier molecular flexibility index (Phi) is 6.30. The molecule has 0 bridgehead atoms. The van der Waals surface area contributed by atoms with Gasteiger partial charge in [-0.3, -0.25) is 14.4 Å². The highest BCUT2D eigenvalue weighted by molar-refractivity contribution is 6.02. The normalized spacial score (nSPS) is 10.7. The van der Waals surface area contributed by atoms with E-state index in [2.05, 4.69) is 6.58 Å². The standard InChI is InChI=1S/C13H20O5/c1-6-17-11(15)13(5,12(16)18-7-2)8-9(3)10(4)14/h3,6-8H2,1-2,4-5H3. The zero-order valence-corrected chi connectivity index (χ0v) is 11.4. The van der Waals surface area contributed by atoms with Crippen LogP contribution in [-0.2, 0) is 23.9 Å². The fraction of sp³-hybridized carbons (Fsp3) is 0.615. The van der Waals surface area contributed by atoms with Gasteiger partial charge < -0.3 is 9.47 Å². The van der Waals surface area contributed by atoms with Crippen LogP contribution >= 0.6 is 0 Å². The van der Waals surface area contributed by atoms with Gasteiger partial charge in [0.2, 0.25) is 0 Å². The summed E-state index contributed by atoms with van der Waals surface area (Å²) in [5.41, 5.74) is -1.33. The Balaban J connectivity index is 5.14. The van der Waals surface area contributed by atoms with E-state index in [0.29, 0.717) is 0 Å². The first-order chi connectivity index (χ1) is 8.29. The summed E-state index contributed by atoms with van der Waals surface area (Å²) in [6, 6.07) is 0. The maximum Gasteiger partial charge on any atom is 0.323 e. The van der Waals surface area contributed by atoms with E-state index < -0.39 is 17.4 Å². The molecule has 102 valence electrons. The number of hydrogen-bond donors (Lipinski definition) is 0. The highest BCUT2D eigenvalue weighted by Gasteiger charge is 2.45. The lowest BCUT2D eigenvalue weighted by Crippen LogP contribution is -2.40. The highest BCUT2D eigenvalue weighted by Crippen LogP contribution is 2.29. The second kappa shape index (κ2) is 6.93. The van der Waals surface area contributed by atoms with Crippen LogP contribution in [0.3, 0.4) is 0 Å². The number of hydrogen-bond acceptors (Lipinski definition) is 5. The molecule has 0 aromatic carbocycles. The number of carbonyl (C=O) groups excluding carboxylic acids is 3. The Morgan fingerprint density at radius 1 is 1.06 bits per heavy atom. The molecule has 0 fully saturated rings. The lowest BCUT2D eigenvalue weighted by atomic mass is 9.83. The Hall–Kier alpha value is -1.65. The monoisotopic (exact) mass is 256 g/mol. The van der Waals surface area contributed by atoms with Gasteiger partial charge in [-0.2, -0.15) is 0 Å². The van der Waals surface area contributed by atoms with Gasteiger partial charge in [-0.05, 0) is 33.3 Å². The Labute approximate surface area is 107 Å². The number of esters is 2. The van der Waals surface area contributed by atoms with Gasteiger partial charge in [-0.1, -0.05) is 6.58 Å². The van der Waals surface area contributed by atoms with Crippen molar-refractivity contribution in [3.8, 4) is 0 Å². The van der Waals surface area contributed by atoms with Crippen LogP contribution in [0.2, 0.25) is 0 Å². The summed E-state index contributed by atoms with van der Waals surface area (Å²) in [6.07, 6.45) is -0.0972. The van der Waals surface area contributed by atoms with Crippen LogP contribution in [0.4, 0.5) is 0 Å². The van der Waals surface area contributed by atoms with E-state index >= 15 is 0 Å². The van der Waals surface area contributed by atoms with Crippen LogP contribution < -0.4 is 0 Å². The lowest BCUT2D eigenvalue weighted by molar-refractivity contribution is -0.170. The molecule has 0 aliphatic rings. The molecule has 0 radical (unpaired) electrons. The summed E-state index contributed by atoms with van der Waals surface area (Å²) in [6.45, 7) is 9.88. The molecule has 0 aliphatic heterocycles. The van der Waals surface area contributed by atoms with E-state index in [1.165, 1.54) is 13.8 Å². The minimum Gasteiger partial charge on any atom is -0.465 e. The van der Waals surface area contributed by atoms with Crippen molar-refractivity contribution in [2.75, 3.05) is 13.2 Å². The van der Waals surface area contributed by atoms with Crippen LogP contribution in [-0.4, -0.2) is 30.9 Å². The molecule has 0 amide bonds. The van der Waals surface area contributed by atoms with Crippen LogP contribution in [0, 0.1) is 5.41 Å². The fourth-order valence-electron chi connectivity index (χ4n) is 1.36. The van der Waals surface area contributed by atoms with Crippen molar-refractivity contribution < 1.29 is 23.9 Å². The third kappa shape index (κ3) is 3.98. The molecule has 0 rings (SSSR count). The predicted octanol–water partition coefficient (Wildman–Crippen LogP) is 1.65. The molecular formula is C13H20O5. The summed E-state index contributed by atoms with van der Waals surface area (Å²) < 4.78 is 9.73. The van der Waals surface area contributed by atoms with Gasteiger partial charge >= 0.3 is 11.9 Å². The molecule has 0 heterocycles. The molecule has 0 atom stereocenters. The van der Waals surface area contributed by atoms with Gasteiger partial charge in [0.25, 0.3) is 0 Å². The van der Waals surface area contributed by atoms with E-state index in [-0.39, 0.29) is 31.0 Å². The van der Waals surface area contributed by atoms with Crippen molar-refractivity contribution in [3.63, 3.8) is 0 Å². The van der Waals surface area contributed by atoms with Gasteiger partial charge in [-0.25, -0.2) is 0 Å². The van der Waals surface area contributed by atoms with Crippen molar-refractivity contribution in [1.82, 2.24) is 0 Å². The molecule has 0 saturated heterocycles. The Morgan fingerprint density at radius 3 is 1.72 bits per heavy atom. The number of allylic oxidation sites excluding steroid dienone is 1. The van der Waals surface area contributed by atoms with E-state index in [9.17, 15) is 14.4 Å². The summed E-state index contributed by atoms with van der Waals surface area (Å²) in [5.74, 6) is -1.67. The van der Waals surface area contributed by atoms with Gasteiger partial charge in [0, 0.05) is 6.42 Å². The molecule has 0 N–H and O–H groups in total. The fourth-order valence-corrected chi connectivity index (χ4v) is 1.36. The molecular weight excluding hydrogens is 236 g/mol. The average Bonchev–Trinajstić information content (AvgIpc) is 2.29. The quantitative estimate of drug-likeness (QED) is 0.393. The molecule has 5 nitrogen and oxygen atoms in total. The van der Waals surface area contributed by atoms with Crippen molar-refractivity contribution >= 4 is 17.7 Å². The zero-order chi connectivity index (χ0) is 14.3. The van der Waals surface area contributed by atoms with Crippen LogP contribution in [0.15, 0.2) is 12.2 Å². The first kappa shape index (κ1) is 16.4. The highest BCUT2D eigenvalue weighted by atomic mass is 16.6. The predicted molar refractivity (Wildman–Crippen MR) is 65.8 cm³/mol. The van der Waals surface area contributed by atoms with Crippen LogP contribution in [0.25, 0.3) is 0 Å². The molecule has 0 unspecified atom stereocenters. The molecule has 18 heavy (non-hydrogen) atoms. The van der Waals surface area contributed by atoms with Gasteiger partial charge in [0.1, 0.15) is 0 Å². The Bertz CT molecular complexity index is 338. The van der Waals surface area contributed by atoms with Crippen LogP contribution in [0.5, 0.6) is 0 Å². The SMILES string of the molecule is C=C(CC(C)(C(=O)OCC)C(=O)OCC)C(C)=O. The number of Topliss-reactive ketones (excluding diaryl/α,β-unsaturated/α-hetero) is 1. The lowest BCUT2D eigenvalue weighted by Gasteiger charge is -2.25. The van der Waals surface area contributed by atoms with Crippen molar-refractivity contribution in [2.45, 2.75) is 34.1 Å². The van der Waals surface area contributed by atoms with E-state index in [0.717, 1.165) is 0 Å². The minimum atomic E-state index is -1.52. The summed E-state index contributed by atoms with van der Waals surface area (Å²) in [4.78, 5) is 34.9. The number of carbonyl (C=O) groups is 3. The maximum absolute atomic E-state index is 11.9. The van der Waals surface area contributed by atoms with E-state index in [1.807, 2.05) is 0 Å². The van der Waals surface area contributed by atoms with Gasteiger partial charge in [0.05, 0.1) is 13.2 Å². The largest absolute Gasteiger partial charge is 0.465 e. The Morgan fingerprint density at radius 2 is 1.44 bits per heavy atom. The number of rotatable bonds is 7. The molecule has 0 aromatic rings. The smallest absolute Gasteiger partial charge is 0.323 e. The first-order valence-corrected chi connectivity index (χ1v) is 5.82. The maximum atomic E-state index is 11.9. The first-order valence-electron chi connectivity index (χ1n) is 5.82. The molecule has 0 aromatic heterocycles. The van der Waals surface area contributed by atoms with E-state index in [1.54, 1.807) is 13.8 Å². The van der Waals surface area contributed by atoms with Crippen LogP contribution in [0.1, 0.15) is 34.1 Å². The summed E-state index contributed by atoms with van der Waals surface area (Å²) in [7, 11) is 0. The zero-order valence-electron chi connectivity index (χ0n) is 11.4. The third-order valence-electron chi connectivity index (χ3n) is 2.52. The minimum absolute atomic E-state index is 0.0972. The second-order valence-corrected chi connectivity index (χ2v) is 4.11. The molecule has 0 saturated carbocycles. The second-order valence-electron chi connectivity index (χ2n) is 4.11. The van der Waals surface area contributed by atoms with Gasteiger partial charge in [0.15, 0.2) is 11.2 Å². The van der Waals surface area contributed by atoms with E-state index in [4.69, 9.17) is 9.47 Å². The average molecular weight is 256 g/mol. The van der Waals surface area contributed by atoms with Crippen molar-refractivity contribution in [3.05, 3.63) is 12.2 Å². The third-order valence-corrected chi connectivity index (χ3v) is 2.52. The number of ether oxygens (including phenoxy) is 2. The summed E-state index contributed by atoms with van der Waals surface area (Å²) >= 11 is 0.